The summed E-state index contributed by atoms with van der Waals surface area (Å²) in [5.41, 5.74) is 1.58. The summed E-state index contributed by atoms with van der Waals surface area (Å²) in [6.07, 6.45) is 0. The molecule has 1 heterocycles. The minimum absolute atomic E-state index is 0.224. The average Bonchev–Trinajstić information content (AvgIpc) is 2.79. The van der Waals surface area contributed by atoms with Crippen LogP contribution in [0.5, 0.6) is 0 Å². The normalized spacial score (nSPS) is 14.8. The first kappa shape index (κ1) is 15.6. The zero-order chi connectivity index (χ0) is 16.6. The number of rotatable bonds is 4. The summed E-state index contributed by atoms with van der Waals surface area (Å²) in [6, 6.07) is 14.2. The molecule has 0 aromatic heterocycles. The van der Waals surface area contributed by atoms with Crippen LogP contribution < -0.4 is 0 Å². The first-order chi connectivity index (χ1) is 10.9. The van der Waals surface area contributed by atoms with Crippen molar-refractivity contribution in [1.29, 1.82) is 0 Å². The fourth-order valence-corrected chi connectivity index (χ4v) is 4.79. The van der Waals surface area contributed by atoms with Crippen LogP contribution in [0.15, 0.2) is 48.5 Å². The van der Waals surface area contributed by atoms with Gasteiger partial charge in [0.05, 0.1) is 20.6 Å². The molecule has 118 valence electrons. The van der Waals surface area contributed by atoms with Gasteiger partial charge >= 0.3 is 0 Å². The topological polar surface area (TPSA) is 37.4 Å². The van der Waals surface area contributed by atoms with Crippen molar-refractivity contribution in [2.45, 2.75) is 25.1 Å². The molecule has 0 radical (unpaired) electrons. The largest absolute Gasteiger partial charge is 0.273 e. The number of benzene rings is 2. The van der Waals surface area contributed by atoms with Gasteiger partial charge in [-0.25, -0.2) is 4.39 Å². The molecule has 0 fully saturated rings. The second kappa shape index (κ2) is 5.74. The lowest BCUT2D eigenvalue weighted by Crippen LogP contribution is -2.52. The number of amides is 2. The maximum Gasteiger partial charge on any atom is 0.261 e. The lowest BCUT2D eigenvalue weighted by atomic mass is 10.1. The Kier molecular flexibility index (Phi) is 3.89. The van der Waals surface area contributed by atoms with Gasteiger partial charge in [-0.1, -0.05) is 30.3 Å². The first-order valence-electron chi connectivity index (χ1n) is 7.63. The predicted molar refractivity (Wildman–Crippen MR) is 89.7 cm³/mol. The molecule has 5 heteroatoms. The summed E-state index contributed by atoms with van der Waals surface area (Å²) in [5.74, 6) is -0.702. The molecule has 0 N–H and O–H groups in total. The molecule has 0 saturated heterocycles. The third-order valence-corrected chi connectivity index (χ3v) is 6.69. The molecule has 0 bridgehead atoms. The molecule has 1 aliphatic heterocycles. The van der Waals surface area contributed by atoms with Crippen molar-refractivity contribution in [3.05, 3.63) is 71.0 Å². The number of nitrogens with zero attached hydrogens (tertiary/aromatic N) is 1. The molecule has 23 heavy (non-hydrogen) atoms. The molecule has 2 aromatic rings. The molecule has 2 aromatic carbocycles. The highest BCUT2D eigenvalue weighted by molar-refractivity contribution is 6.42. The first-order valence-corrected chi connectivity index (χ1v) is 9.34. The van der Waals surface area contributed by atoms with Gasteiger partial charge in [0, 0.05) is 5.16 Å². The van der Waals surface area contributed by atoms with Gasteiger partial charge in [0.2, 0.25) is 0 Å². The highest BCUT2D eigenvalue weighted by atomic mass is 28.2. The van der Waals surface area contributed by atoms with Gasteiger partial charge in [0.15, 0.2) is 0 Å². The summed E-state index contributed by atoms with van der Waals surface area (Å²) in [4.78, 5) is 26.5. The maximum atomic E-state index is 13.8. The van der Waals surface area contributed by atoms with Gasteiger partial charge in [0.1, 0.15) is 5.82 Å². The molecule has 0 aliphatic carbocycles. The maximum absolute atomic E-state index is 13.8. The number of fused-ring (bicyclic) bond motifs is 1. The van der Waals surface area contributed by atoms with Crippen molar-refractivity contribution >= 4 is 21.3 Å². The molecule has 0 unspecified atom stereocenters. The van der Waals surface area contributed by atoms with Crippen molar-refractivity contribution in [3.63, 3.8) is 0 Å². The Balaban J connectivity index is 1.82. The van der Waals surface area contributed by atoms with Gasteiger partial charge < -0.3 is 0 Å². The number of imide groups is 1. The average molecular weight is 327 g/mol. The lowest BCUT2D eigenvalue weighted by molar-refractivity contribution is 0.0571. The molecule has 1 aliphatic rings. The minimum Gasteiger partial charge on any atom is -0.273 e. The Bertz CT molecular complexity index is 753. The van der Waals surface area contributed by atoms with Crippen LogP contribution in [0, 0.1) is 5.82 Å². The second-order valence-corrected chi connectivity index (χ2v) is 9.13. The van der Waals surface area contributed by atoms with Gasteiger partial charge in [-0.3, -0.25) is 14.5 Å². The van der Waals surface area contributed by atoms with Crippen molar-refractivity contribution in [3.8, 4) is 0 Å². The quantitative estimate of drug-likeness (QED) is 0.639. The van der Waals surface area contributed by atoms with E-state index in [0.717, 1.165) is 0 Å². The van der Waals surface area contributed by atoms with Crippen LogP contribution in [0.1, 0.15) is 40.1 Å². The molecular weight excluding hydrogens is 309 g/mol. The molecule has 0 atom stereocenters. The Labute approximate surface area is 136 Å². The SMILES string of the molecule is CC(C)([SiH2]Cc1ccccc1F)N1C(=O)c2ccccc2C1=O. The summed E-state index contributed by atoms with van der Waals surface area (Å²) < 4.78 is 13.8. The van der Waals surface area contributed by atoms with E-state index in [0.29, 0.717) is 22.7 Å². The van der Waals surface area contributed by atoms with Crippen molar-refractivity contribution in [2.24, 2.45) is 0 Å². The van der Waals surface area contributed by atoms with Gasteiger partial charge in [-0.15, -0.1) is 0 Å². The number of hydrogen-bond donors (Lipinski definition) is 0. The summed E-state index contributed by atoms with van der Waals surface area (Å²) in [7, 11) is -0.944. The van der Waals surface area contributed by atoms with Gasteiger partial charge in [0.25, 0.3) is 11.8 Å². The van der Waals surface area contributed by atoms with E-state index in [2.05, 4.69) is 0 Å². The van der Waals surface area contributed by atoms with E-state index in [-0.39, 0.29) is 17.6 Å². The molecular formula is C18H18FNO2Si. The smallest absolute Gasteiger partial charge is 0.261 e. The second-order valence-electron chi connectivity index (χ2n) is 6.40. The van der Waals surface area contributed by atoms with E-state index in [1.165, 1.54) is 11.0 Å². The van der Waals surface area contributed by atoms with E-state index >= 15 is 0 Å². The van der Waals surface area contributed by atoms with Crippen LogP contribution in [-0.2, 0) is 6.04 Å². The van der Waals surface area contributed by atoms with Crippen LogP contribution in [0.25, 0.3) is 0 Å². The number of carbonyl (C=O) groups excluding carboxylic acids is 2. The molecule has 3 nitrogen and oxygen atoms in total. The fourth-order valence-electron chi connectivity index (χ4n) is 2.99. The Hall–Kier alpha value is -2.27. The van der Waals surface area contributed by atoms with Crippen molar-refractivity contribution in [2.75, 3.05) is 0 Å². The molecule has 0 saturated carbocycles. The third kappa shape index (κ3) is 2.72. The highest BCUT2D eigenvalue weighted by Gasteiger charge is 2.43. The monoisotopic (exact) mass is 327 g/mol. The van der Waals surface area contributed by atoms with E-state index in [9.17, 15) is 14.0 Å². The summed E-state index contributed by atoms with van der Waals surface area (Å²) in [6.45, 7) is 3.81. The number of hydrogen-bond acceptors (Lipinski definition) is 2. The van der Waals surface area contributed by atoms with Gasteiger partial charge in [-0.2, -0.15) is 0 Å². The van der Waals surface area contributed by atoms with Crippen molar-refractivity contribution in [1.82, 2.24) is 4.90 Å². The molecule has 2 amide bonds. The summed E-state index contributed by atoms with van der Waals surface area (Å²) in [5, 5.41) is -0.546. The van der Waals surface area contributed by atoms with Crippen LogP contribution in [-0.4, -0.2) is 31.4 Å². The molecule has 3 rings (SSSR count). The Morgan fingerprint density at radius 1 is 0.957 bits per heavy atom. The fraction of sp³-hybridized carbons (Fsp3) is 0.222. The zero-order valence-electron chi connectivity index (χ0n) is 13.2. The highest BCUT2D eigenvalue weighted by Crippen LogP contribution is 2.29. The van der Waals surface area contributed by atoms with Crippen LogP contribution in [0.4, 0.5) is 4.39 Å². The third-order valence-electron chi connectivity index (χ3n) is 4.36. The Morgan fingerprint density at radius 2 is 1.48 bits per heavy atom. The van der Waals surface area contributed by atoms with Crippen LogP contribution in [0.2, 0.25) is 0 Å². The van der Waals surface area contributed by atoms with E-state index in [1.54, 1.807) is 36.4 Å². The van der Waals surface area contributed by atoms with Gasteiger partial charge in [-0.05, 0) is 43.7 Å². The van der Waals surface area contributed by atoms with Crippen LogP contribution in [0.3, 0.4) is 0 Å². The van der Waals surface area contributed by atoms with E-state index in [4.69, 9.17) is 0 Å². The Morgan fingerprint density at radius 3 is 2.04 bits per heavy atom. The van der Waals surface area contributed by atoms with E-state index < -0.39 is 14.7 Å². The molecule has 0 spiro atoms. The van der Waals surface area contributed by atoms with E-state index in [1.807, 2.05) is 19.9 Å². The number of halogens is 1. The van der Waals surface area contributed by atoms with Crippen molar-refractivity contribution < 1.29 is 14.0 Å². The minimum atomic E-state index is -0.944. The number of carbonyl (C=O) groups is 2. The standard InChI is InChI=1S/C18H18FNO2Si/c1-18(2,23-11-12-7-3-6-10-15(12)19)20-16(21)13-8-4-5-9-14(13)17(20)22/h3-10H,11,23H2,1-2H3. The lowest BCUT2D eigenvalue weighted by Gasteiger charge is -2.33. The zero-order valence-corrected chi connectivity index (χ0v) is 14.6. The van der Waals surface area contributed by atoms with Crippen LogP contribution >= 0.6 is 0 Å². The predicted octanol–water partition coefficient (Wildman–Crippen LogP) is 2.53. The summed E-state index contributed by atoms with van der Waals surface area (Å²) >= 11 is 0.